The summed E-state index contributed by atoms with van der Waals surface area (Å²) < 4.78 is 0. The van der Waals surface area contributed by atoms with Crippen molar-refractivity contribution in [3.8, 4) is 0 Å². The Hall–Kier alpha value is -2.95. The van der Waals surface area contributed by atoms with Gasteiger partial charge in [0, 0.05) is 23.7 Å². The Morgan fingerprint density at radius 2 is 1.89 bits per heavy atom. The monoisotopic (exact) mass is 374 g/mol. The predicted molar refractivity (Wildman–Crippen MR) is 113 cm³/mol. The van der Waals surface area contributed by atoms with Crippen LogP contribution in [0.5, 0.6) is 0 Å². The highest BCUT2D eigenvalue weighted by molar-refractivity contribution is 5.97. The molecule has 5 heteroatoms. The van der Waals surface area contributed by atoms with Crippen molar-refractivity contribution < 1.29 is 4.79 Å². The van der Waals surface area contributed by atoms with Crippen molar-refractivity contribution in [1.82, 2.24) is 14.9 Å². The van der Waals surface area contributed by atoms with Crippen LogP contribution in [-0.2, 0) is 6.42 Å². The number of aryl methyl sites for hydroxylation is 1. The first kappa shape index (κ1) is 18.4. The lowest BCUT2D eigenvalue weighted by Gasteiger charge is -2.32. The molecule has 1 aromatic heterocycles. The second-order valence-corrected chi connectivity index (χ2v) is 7.43. The second kappa shape index (κ2) is 7.97. The van der Waals surface area contributed by atoms with Crippen molar-refractivity contribution in [2.24, 2.45) is 0 Å². The van der Waals surface area contributed by atoms with E-state index in [1.807, 2.05) is 41.3 Å². The molecule has 28 heavy (non-hydrogen) atoms. The lowest BCUT2D eigenvalue weighted by molar-refractivity contribution is 0.0623. The third-order valence-corrected chi connectivity index (χ3v) is 5.48. The second-order valence-electron chi connectivity index (χ2n) is 7.43. The van der Waals surface area contributed by atoms with E-state index in [1.165, 1.54) is 12.0 Å². The molecule has 2 heterocycles. The van der Waals surface area contributed by atoms with Gasteiger partial charge in [0.25, 0.3) is 5.91 Å². The fourth-order valence-electron chi connectivity index (χ4n) is 3.76. The first-order chi connectivity index (χ1) is 13.7. The first-order valence-electron chi connectivity index (χ1n) is 10.1. The Morgan fingerprint density at radius 3 is 2.64 bits per heavy atom. The highest BCUT2D eigenvalue weighted by Gasteiger charge is 2.26. The average Bonchev–Trinajstić information content (AvgIpc) is 2.74. The van der Waals surface area contributed by atoms with Crippen LogP contribution < -0.4 is 5.32 Å². The summed E-state index contributed by atoms with van der Waals surface area (Å²) in [6.45, 7) is 5.02. The van der Waals surface area contributed by atoms with E-state index < -0.39 is 0 Å². The normalized spacial score (nSPS) is 16.9. The van der Waals surface area contributed by atoms with E-state index in [4.69, 9.17) is 0 Å². The van der Waals surface area contributed by atoms with Gasteiger partial charge in [0.05, 0.1) is 5.52 Å². The number of para-hydroxylation sites is 1. The van der Waals surface area contributed by atoms with Gasteiger partial charge in [0.1, 0.15) is 5.82 Å². The number of hydrogen-bond donors (Lipinski definition) is 1. The first-order valence-corrected chi connectivity index (χ1v) is 10.1. The van der Waals surface area contributed by atoms with Gasteiger partial charge in [-0.2, -0.15) is 0 Å². The summed E-state index contributed by atoms with van der Waals surface area (Å²) in [6.07, 6.45) is 4.25. The minimum absolute atomic E-state index is 0.0812. The predicted octanol–water partition coefficient (Wildman–Crippen LogP) is 4.95. The molecule has 0 saturated carbocycles. The smallest absolute Gasteiger partial charge is 0.291 e. The fourth-order valence-corrected chi connectivity index (χ4v) is 3.76. The topological polar surface area (TPSA) is 58.1 Å². The molecule has 0 radical (unpaired) electrons. The summed E-state index contributed by atoms with van der Waals surface area (Å²) in [7, 11) is 0. The summed E-state index contributed by atoms with van der Waals surface area (Å²) in [6, 6.07) is 16.3. The molecule has 0 spiro atoms. The summed E-state index contributed by atoms with van der Waals surface area (Å²) in [5, 5.41) is 4.29. The maximum atomic E-state index is 13.1. The fraction of sp³-hybridized carbons (Fsp3) is 0.348. The molecule has 0 aliphatic carbocycles. The molecule has 0 unspecified atom stereocenters. The molecular formula is C23H26N4O. The van der Waals surface area contributed by atoms with E-state index in [0.717, 1.165) is 42.4 Å². The van der Waals surface area contributed by atoms with E-state index in [-0.39, 0.29) is 17.8 Å². The number of nitrogens with one attached hydrogen (secondary N) is 1. The zero-order valence-electron chi connectivity index (χ0n) is 16.5. The Bertz CT molecular complexity index is 984. The Morgan fingerprint density at radius 1 is 1.11 bits per heavy atom. The van der Waals surface area contributed by atoms with Crippen LogP contribution >= 0.6 is 0 Å². The maximum absolute atomic E-state index is 13.1. The van der Waals surface area contributed by atoms with E-state index in [1.54, 1.807) is 0 Å². The number of hydrogen-bond acceptors (Lipinski definition) is 4. The number of carbonyl (C=O) groups excluding carboxylic acids is 1. The summed E-state index contributed by atoms with van der Waals surface area (Å²) in [5.41, 5.74) is 3.01. The third kappa shape index (κ3) is 3.70. The molecule has 144 valence electrons. The highest BCUT2D eigenvalue weighted by atomic mass is 16.2. The van der Waals surface area contributed by atoms with Gasteiger partial charge in [-0.1, -0.05) is 31.2 Å². The number of piperidine rings is 1. The van der Waals surface area contributed by atoms with E-state index >= 15 is 0 Å². The molecule has 1 fully saturated rings. The molecular weight excluding hydrogens is 348 g/mol. The van der Waals surface area contributed by atoms with Crippen LogP contribution in [0.4, 0.5) is 11.5 Å². The van der Waals surface area contributed by atoms with Crippen molar-refractivity contribution in [3.63, 3.8) is 0 Å². The van der Waals surface area contributed by atoms with Crippen LogP contribution in [0.1, 0.15) is 49.3 Å². The van der Waals surface area contributed by atoms with Crippen molar-refractivity contribution in [2.75, 3.05) is 11.9 Å². The van der Waals surface area contributed by atoms with Crippen LogP contribution in [0.25, 0.3) is 10.9 Å². The quantitative estimate of drug-likeness (QED) is 0.702. The lowest BCUT2D eigenvalue weighted by Crippen LogP contribution is -2.42. The van der Waals surface area contributed by atoms with Crippen LogP contribution in [0.2, 0.25) is 0 Å². The Labute approximate surface area is 165 Å². The van der Waals surface area contributed by atoms with E-state index in [9.17, 15) is 4.79 Å². The van der Waals surface area contributed by atoms with Crippen molar-refractivity contribution in [2.45, 2.75) is 45.6 Å². The average molecular weight is 374 g/mol. The number of amides is 1. The van der Waals surface area contributed by atoms with Gasteiger partial charge in [0.2, 0.25) is 5.82 Å². The van der Waals surface area contributed by atoms with Gasteiger partial charge in [-0.15, -0.1) is 0 Å². The summed E-state index contributed by atoms with van der Waals surface area (Å²) in [4.78, 5) is 24.2. The third-order valence-electron chi connectivity index (χ3n) is 5.48. The van der Waals surface area contributed by atoms with Gasteiger partial charge in [-0.25, -0.2) is 9.97 Å². The van der Waals surface area contributed by atoms with Gasteiger partial charge in [-0.3, -0.25) is 4.79 Å². The molecule has 5 nitrogen and oxygen atoms in total. The van der Waals surface area contributed by atoms with E-state index in [0.29, 0.717) is 5.82 Å². The number of rotatable bonds is 4. The molecule has 1 amide bonds. The SMILES string of the molecule is CCc1ccc(Nc2nc(C(=O)N3CCCC[C@@H]3C)nc3ccccc23)cc1. The van der Waals surface area contributed by atoms with E-state index in [2.05, 4.69) is 41.3 Å². The van der Waals surface area contributed by atoms with Crippen LogP contribution in [-0.4, -0.2) is 33.4 Å². The zero-order chi connectivity index (χ0) is 19.5. The number of aromatic nitrogens is 2. The van der Waals surface area contributed by atoms with Crippen LogP contribution in [0.15, 0.2) is 48.5 Å². The van der Waals surface area contributed by atoms with Crippen molar-refractivity contribution in [3.05, 3.63) is 59.9 Å². The summed E-state index contributed by atoms with van der Waals surface area (Å²) >= 11 is 0. The van der Waals surface area contributed by atoms with Crippen molar-refractivity contribution >= 4 is 28.3 Å². The molecule has 4 rings (SSSR count). The molecule has 1 atom stereocenters. The molecule has 3 aromatic rings. The van der Waals surface area contributed by atoms with Crippen molar-refractivity contribution in [1.29, 1.82) is 0 Å². The van der Waals surface area contributed by atoms with Gasteiger partial charge in [-0.05, 0) is 62.4 Å². The molecule has 1 N–H and O–H groups in total. The molecule has 1 aliphatic rings. The number of likely N-dealkylation sites (tertiary alicyclic amines) is 1. The number of fused-ring (bicyclic) bond motifs is 1. The molecule has 1 saturated heterocycles. The van der Waals surface area contributed by atoms with Crippen LogP contribution in [0.3, 0.4) is 0 Å². The van der Waals surface area contributed by atoms with Gasteiger partial charge >= 0.3 is 0 Å². The largest absolute Gasteiger partial charge is 0.340 e. The number of benzene rings is 2. The maximum Gasteiger partial charge on any atom is 0.291 e. The molecule has 1 aliphatic heterocycles. The number of nitrogens with zero attached hydrogens (tertiary/aromatic N) is 3. The zero-order valence-corrected chi connectivity index (χ0v) is 16.5. The molecule has 0 bridgehead atoms. The minimum Gasteiger partial charge on any atom is -0.340 e. The van der Waals surface area contributed by atoms with Gasteiger partial charge in [0.15, 0.2) is 0 Å². The van der Waals surface area contributed by atoms with Crippen LogP contribution in [0, 0.1) is 0 Å². The molecule has 2 aromatic carbocycles. The Kier molecular flexibility index (Phi) is 5.24. The summed E-state index contributed by atoms with van der Waals surface area (Å²) in [5.74, 6) is 0.852. The minimum atomic E-state index is -0.0812. The lowest BCUT2D eigenvalue weighted by atomic mass is 10.0. The van der Waals surface area contributed by atoms with Gasteiger partial charge < -0.3 is 10.2 Å². The standard InChI is InChI=1S/C23H26N4O/c1-3-17-11-13-18(14-12-17)24-21-19-9-4-5-10-20(19)25-22(26-21)23(28)27-15-7-6-8-16(27)2/h4-5,9-14,16H,3,6-8,15H2,1-2H3,(H,24,25,26)/t16-/m0/s1. The number of anilines is 2. The number of carbonyl (C=O) groups is 1. The Balaban J connectivity index is 1.71. The highest BCUT2D eigenvalue weighted by Crippen LogP contribution is 2.25.